The highest BCUT2D eigenvalue weighted by Gasteiger charge is 2.27. The summed E-state index contributed by atoms with van der Waals surface area (Å²) in [4.78, 5) is 0. The number of aryl methyl sites for hydroxylation is 1. The number of benzene rings is 2. The number of fused-ring (bicyclic) bond motifs is 1. The van der Waals surface area contributed by atoms with E-state index in [1.54, 1.807) is 0 Å². The van der Waals surface area contributed by atoms with Crippen molar-refractivity contribution >= 4 is 0 Å². The van der Waals surface area contributed by atoms with Gasteiger partial charge in [-0.15, -0.1) is 0 Å². The third kappa shape index (κ3) is 2.94. The van der Waals surface area contributed by atoms with E-state index in [2.05, 4.69) is 12.1 Å². The molecule has 3 heteroatoms. The van der Waals surface area contributed by atoms with Gasteiger partial charge in [0.1, 0.15) is 6.61 Å². The normalized spacial score (nSPS) is 18.6. The minimum absolute atomic E-state index is 0.298. The first kappa shape index (κ1) is 13.0. The van der Waals surface area contributed by atoms with Crippen molar-refractivity contribution in [2.45, 2.75) is 25.0 Å². The maximum Gasteiger partial charge on any atom is 0.161 e. The summed E-state index contributed by atoms with van der Waals surface area (Å²) in [5, 5.41) is 10.3. The lowest BCUT2D eigenvalue weighted by Crippen LogP contribution is -2.39. The Morgan fingerprint density at radius 2 is 1.70 bits per heavy atom. The molecule has 1 N–H and O–H groups in total. The zero-order valence-corrected chi connectivity index (χ0v) is 11.2. The molecule has 0 saturated heterocycles. The zero-order chi connectivity index (χ0) is 13.8. The molecule has 0 fully saturated rings. The van der Waals surface area contributed by atoms with Crippen LogP contribution in [0.25, 0.3) is 0 Å². The molecule has 3 rings (SSSR count). The van der Waals surface area contributed by atoms with Gasteiger partial charge < -0.3 is 14.6 Å². The van der Waals surface area contributed by atoms with Gasteiger partial charge in [-0.3, -0.25) is 0 Å². The molecule has 0 spiro atoms. The minimum atomic E-state index is -0.524. The fourth-order valence-electron chi connectivity index (χ4n) is 2.37. The number of ether oxygens (including phenoxy) is 2. The molecule has 20 heavy (non-hydrogen) atoms. The molecule has 1 aliphatic heterocycles. The summed E-state index contributed by atoms with van der Waals surface area (Å²) in [6.45, 7) is 0.396. The highest BCUT2D eigenvalue weighted by atomic mass is 16.6. The standard InChI is InChI=1S/C17H18O3/c18-14(11-10-13-6-2-1-3-7-13)17-12-19-15-8-4-5-9-16(15)20-17/h1-9,14,17-18H,10-12H2. The van der Waals surface area contributed by atoms with Crippen LogP contribution in [0.1, 0.15) is 12.0 Å². The summed E-state index contributed by atoms with van der Waals surface area (Å²) >= 11 is 0. The molecule has 0 radical (unpaired) electrons. The van der Waals surface area contributed by atoms with Crippen molar-refractivity contribution in [1.29, 1.82) is 0 Å². The van der Waals surface area contributed by atoms with Crippen molar-refractivity contribution in [2.75, 3.05) is 6.61 Å². The molecule has 104 valence electrons. The van der Waals surface area contributed by atoms with Crippen LogP contribution in [0.15, 0.2) is 54.6 Å². The number of rotatable bonds is 4. The number of aliphatic hydroxyl groups excluding tert-OH is 1. The molecule has 2 atom stereocenters. The van der Waals surface area contributed by atoms with Gasteiger partial charge in [0, 0.05) is 0 Å². The molecule has 0 saturated carbocycles. The third-order valence-electron chi connectivity index (χ3n) is 3.53. The fraction of sp³-hybridized carbons (Fsp3) is 0.294. The highest BCUT2D eigenvalue weighted by molar-refractivity contribution is 5.40. The lowest BCUT2D eigenvalue weighted by molar-refractivity contribution is -0.0133. The lowest BCUT2D eigenvalue weighted by atomic mass is 10.0. The Bertz CT molecular complexity index is 553. The minimum Gasteiger partial charge on any atom is -0.486 e. The molecule has 1 heterocycles. The van der Waals surface area contributed by atoms with Gasteiger partial charge in [-0.1, -0.05) is 42.5 Å². The first-order valence-corrected chi connectivity index (χ1v) is 6.93. The predicted octanol–water partition coefficient (Wildman–Crippen LogP) is 2.82. The predicted molar refractivity (Wildman–Crippen MR) is 77.1 cm³/mol. The summed E-state index contributed by atoms with van der Waals surface area (Å²) < 4.78 is 11.4. The smallest absolute Gasteiger partial charge is 0.161 e. The molecule has 2 aromatic rings. The second kappa shape index (κ2) is 5.97. The van der Waals surface area contributed by atoms with E-state index < -0.39 is 6.10 Å². The molecule has 2 aromatic carbocycles. The van der Waals surface area contributed by atoms with Crippen LogP contribution in [0.4, 0.5) is 0 Å². The first-order valence-electron chi connectivity index (χ1n) is 6.93. The Morgan fingerprint density at radius 1 is 1.00 bits per heavy atom. The van der Waals surface area contributed by atoms with Crippen LogP contribution in [0.3, 0.4) is 0 Å². The van der Waals surface area contributed by atoms with Crippen LogP contribution in [-0.4, -0.2) is 23.9 Å². The summed E-state index contributed by atoms with van der Waals surface area (Å²) in [6, 6.07) is 17.7. The van der Waals surface area contributed by atoms with Crippen LogP contribution in [0, 0.1) is 0 Å². The average Bonchev–Trinajstić information content (AvgIpc) is 2.53. The SMILES string of the molecule is OC(CCc1ccccc1)C1COc2ccccc2O1. The molecule has 3 nitrogen and oxygen atoms in total. The molecule has 0 amide bonds. The summed E-state index contributed by atoms with van der Waals surface area (Å²) in [5.74, 6) is 1.46. The monoisotopic (exact) mass is 270 g/mol. The maximum atomic E-state index is 10.3. The number of para-hydroxylation sites is 2. The fourth-order valence-corrected chi connectivity index (χ4v) is 2.37. The Kier molecular flexibility index (Phi) is 3.88. The summed E-state index contributed by atoms with van der Waals surface area (Å²) in [5.41, 5.74) is 1.23. The van der Waals surface area contributed by atoms with Crippen molar-refractivity contribution in [3.05, 3.63) is 60.2 Å². The van der Waals surface area contributed by atoms with E-state index in [0.717, 1.165) is 12.2 Å². The van der Waals surface area contributed by atoms with Crippen LogP contribution in [0.2, 0.25) is 0 Å². The van der Waals surface area contributed by atoms with E-state index in [1.807, 2.05) is 42.5 Å². The van der Waals surface area contributed by atoms with Crippen molar-refractivity contribution < 1.29 is 14.6 Å². The maximum absolute atomic E-state index is 10.3. The van der Waals surface area contributed by atoms with Gasteiger partial charge in [0.05, 0.1) is 6.10 Å². The molecule has 0 aromatic heterocycles. The zero-order valence-electron chi connectivity index (χ0n) is 11.2. The second-order valence-electron chi connectivity index (χ2n) is 5.01. The van der Waals surface area contributed by atoms with Gasteiger partial charge in [-0.2, -0.15) is 0 Å². The first-order chi connectivity index (χ1) is 9.83. The van der Waals surface area contributed by atoms with Gasteiger partial charge in [0.25, 0.3) is 0 Å². The van der Waals surface area contributed by atoms with Crippen molar-refractivity contribution in [3.8, 4) is 11.5 Å². The van der Waals surface area contributed by atoms with E-state index in [0.29, 0.717) is 18.8 Å². The van der Waals surface area contributed by atoms with Gasteiger partial charge in [0.15, 0.2) is 17.6 Å². The van der Waals surface area contributed by atoms with Gasteiger partial charge in [-0.05, 0) is 30.5 Å². The molecule has 0 bridgehead atoms. The van der Waals surface area contributed by atoms with E-state index in [-0.39, 0.29) is 6.10 Å². The largest absolute Gasteiger partial charge is 0.486 e. The summed E-state index contributed by atoms with van der Waals surface area (Å²) in [6.07, 6.45) is 0.682. The van der Waals surface area contributed by atoms with Crippen molar-refractivity contribution in [2.24, 2.45) is 0 Å². The Balaban J connectivity index is 1.58. The quantitative estimate of drug-likeness (QED) is 0.928. The van der Waals surface area contributed by atoms with Crippen LogP contribution in [-0.2, 0) is 6.42 Å². The third-order valence-corrected chi connectivity index (χ3v) is 3.53. The molecular weight excluding hydrogens is 252 g/mol. The van der Waals surface area contributed by atoms with E-state index in [1.165, 1.54) is 5.56 Å². The number of hydrogen-bond acceptors (Lipinski definition) is 3. The number of aliphatic hydroxyl groups is 1. The number of hydrogen-bond donors (Lipinski definition) is 1. The summed E-state index contributed by atoms with van der Waals surface area (Å²) in [7, 11) is 0. The Hall–Kier alpha value is -2.00. The van der Waals surface area contributed by atoms with Gasteiger partial charge >= 0.3 is 0 Å². The van der Waals surface area contributed by atoms with E-state index in [9.17, 15) is 5.11 Å². The Morgan fingerprint density at radius 3 is 2.50 bits per heavy atom. The van der Waals surface area contributed by atoms with Gasteiger partial charge in [0.2, 0.25) is 0 Å². The lowest BCUT2D eigenvalue weighted by Gasteiger charge is -2.29. The molecule has 0 aliphatic carbocycles. The van der Waals surface area contributed by atoms with E-state index >= 15 is 0 Å². The molecule has 2 unspecified atom stereocenters. The molecular formula is C17H18O3. The Labute approximate surface area is 118 Å². The second-order valence-corrected chi connectivity index (χ2v) is 5.01. The van der Waals surface area contributed by atoms with Crippen LogP contribution >= 0.6 is 0 Å². The van der Waals surface area contributed by atoms with Gasteiger partial charge in [-0.25, -0.2) is 0 Å². The van der Waals surface area contributed by atoms with Crippen LogP contribution < -0.4 is 9.47 Å². The average molecular weight is 270 g/mol. The van der Waals surface area contributed by atoms with Crippen LogP contribution in [0.5, 0.6) is 11.5 Å². The highest BCUT2D eigenvalue weighted by Crippen LogP contribution is 2.32. The van der Waals surface area contributed by atoms with Crippen molar-refractivity contribution in [1.82, 2.24) is 0 Å². The molecule has 1 aliphatic rings. The van der Waals surface area contributed by atoms with Crippen molar-refractivity contribution in [3.63, 3.8) is 0 Å². The van der Waals surface area contributed by atoms with E-state index in [4.69, 9.17) is 9.47 Å². The topological polar surface area (TPSA) is 38.7 Å².